The van der Waals surface area contributed by atoms with Crippen LogP contribution >= 0.6 is 0 Å². The van der Waals surface area contributed by atoms with Crippen molar-refractivity contribution in [3.05, 3.63) is 89.9 Å². The Morgan fingerprint density at radius 3 is 2.42 bits per heavy atom. The van der Waals surface area contributed by atoms with Crippen LogP contribution in [0.25, 0.3) is 27.6 Å². The van der Waals surface area contributed by atoms with E-state index in [-0.39, 0.29) is 60.4 Å². The number of piperazine rings is 1. The van der Waals surface area contributed by atoms with Gasteiger partial charge in [0.25, 0.3) is 5.91 Å². The molecule has 0 unspecified atom stereocenters. The van der Waals surface area contributed by atoms with Gasteiger partial charge in [0.05, 0.1) is 43.7 Å². The van der Waals surface area contributed by atoms with E-state index in [1.54, 1.807) is 57.5 Å². The third-order valence-electron chi connectivity index (χ3n) is 9.66. The Morgan fingerprint density at radius 2 is 1.70 bits per heavy atom. The molecule has 0 aliphatic carbocycles. The molecule has 16 heteroatoms. The lowest BCUT2D eigenvalue weighted by atomic mass is 9.93. The zero-order valence-electron chi connectivity index (χ0n) is 29.0. The highest BCUT2D eigenvalue weighted by atomic mass is 19.4. The number of alkyl halides is 3. The molecule has 2 aliphatic rings. The van der Waals surface area contributed by atoms with Gasteiger partial charge in [0.1, 0.15) is 17.2 Å². The highest BCUT2D eigenvalue weighted by molar-refractivity contribution is 6.05. The number of halogens is 4. The number of hydrogen-bond donors (Lipinski definition) is 1. The van der Waals surface area contributed by atoms with Crippen molar-refractivity contribution in [1.82, 2.24) is 34.8 Å². The van der Waals surface area contributed by atoms with Crippen LogP contribution in [0.3, 0.4) is 0 Å². The minimum absolute atomic E-state index is 0.0900. The lowest BCUT2D eigenvalue weighted by molar-refractivity contribution is -0.137. The molecule has 0 saturated carbocycles. The van der Waals surface area contributed by atoms with Gasteiger partial charge in [-0.2, -0.15) is 13.2 Å². The van der Waals surface area contributed by atoms with Gasteiger partial charge in [-0.15, -0.1) is 5.10 Å². The lowest BCUT2D eigenvalue weighted by Gasteiger charge is -2.36. The molecule has 5 heterocycles. The average Bonchev–Trinajstić information content (AvgIpc) is 3.88. The lowest BCUT2D eigenvalue weighted by Crippen LogP contribution is -2.49. The van der Waals surface area contributed by atoms with E-state index in [9.17, 15) is 22.8 Å². The Kier molecular flexibility index (Phi) is 9.77. The van der Waals surface area contributed by atoms with Crippen molar-refractivity contribution < 1.29 is 36.6 Å². The molecule has 1 N–H and O–H groups in total. The molecule has 0 bridgehead atoms. The number of ether oxygens (including phenoxy) is 2. The number of anilines is 1. The maximum Gasteiger partial charge on any atom is 0.416 e. The number of benzene rings is 2. The minimum Gasteiger partial charge on any atom is -0.496 e. The van der Waals surface area contributed by atoms with Crippen LogP contribution in [0.5, 0.6) is 11.5 Å². The topological polar surface area (TPSA) is 122 Å². The quantitative estimate of drug-likeness (QED) is 0.193. The number of carbonyl (C=O) groups is 2. The summed E-state index contributed by atoms with van der Waals surface area (Å²) in [4.78, 5) is 39.6. The smallest absolute Gasteiger partial charge is 0.416 e. The van der Waals surface area contributed by atoms with E-state index in [2.05, 4.69) is 20.3 Å². The molecular weight excluding hydrogens is 696 g/mol. The zero-order chi connectivity index (χ0) is 37.3. The molecule has 1 fully saturated rings. The highest BCUT2D eigenvalue weighted by Gasteiger charge is 2.33. The van der Waals surface area contributed by atoms with Gasteiger partial charge in [-0.1, -0.05) is 11.3 Å². The van der Waals surface area contributed by atoms with Gasteiger partial charge in [-0.3, -0.25) is 19.3 Å². The molecule has 12 nitrogen and oxygen atoms in total. The summed E-state index contributed by atoms with van der Waals surface area (Å²) in [5, 5.41) is 8.14. The van der Waals surface area contributed by atoms with Crippen molar-refractivity contribution in [3.63, 3.8) is 0 Å². The van der Waals surface area contributed by atoms with E-state index in [1.807, 2.05) is 11.0 Å². The average molecular weight is 733 g/mol. The van der Waals surface area contributed by atoms with Crippen molar-refractivity contribution in [2.75, 3.05) is 58.4 Å². The van der Waals surface area contributed by atoms with Crippen LogP contribution in [0.1, 0.15) is 34.5 Å². The number of H-pyrrole nitrogens is 1. The Labute approximate surface area is 301 Å². The SMILES string of the molecule is COc1ccncc1-c1cc(C2=CCCN(C(=O)CCn3ccnn3)C2)c(F)c2[nH]c(C(=O)N3CCN(c4ccc(C(F)(F)F)cc4OC)CC3)cc12. The number of methoxy groups -OCH3 is 2. The highest BCUT2D eigenvalue weighted by Crippen LogP contribution is 2.40. The monoisotopic (exact) mass is 732 g/mol. The van der Waals surface area contributed by atoms with Crippen LogP contribution in [-0.2, 0) is 17.5 Å². The Bertz CT molecular complexity index is 2180. The van der Waals surface area contributed by atoms with Crippen LogP contribution in [-0.4, -0.2) is 100 Å². The van der Waals surface area contributed by atoms with Crippen molar-refractivity contribution in [2.45, 2.75) is 25.6 Å². The molecule has 2 amide bonds. The summed E-state index contributed by atoms with van der Waals surface area (Å²) in [7, 11) is 2.84. The standard InChI is InChI=1S/C37H36F4N8O4/c1-52-31-7-9-42-21-28(31)26-19-25(23-4-3-11-48(22-23)33(50)8-12-49-13-10-43-45-49)34(38)35-27(26)20-29(44-35)36(51)47-16-14-46(15-17-47)30-6-5-24(37(39,40)41)18-32(30)53-2/h4-7,9-10,13,18-21,44H,3,8,11-12,14-17,22H2,1-2H3. The number of pyridine rings is 1. The van der Waals surface area contributed by atoms with Crippen molar-refractivity contribution in [3.8, 4) is 22.6 Å². The first-order valence-electron chi connectivity index (χ1n) is 17.0. The van der Waals surface area contributed by atoms with Gasteiger partial charge < -0.3 is 29.2 Å². The van der Waals surface area contributed by atoms with Crippen LogP contribution in [0.4, 0.5) is 23.2 Å². The second kappa shape index (κ2) is 14.6. The van der Waals surface area contributed by atoms with Gasteiger partial charge in [-0.05, 0) is 54.0 Å². The van der Waals surface area contributed by atoms with Gasteiger partial charge in [0.15, 0.2) is 5.82 Å². The number of rotatable bonds is 9. The number of fused-ring (bicyclic) bond motifs is 1. The summed E-state index contributed by atoms with van der Waals surface area (Å²) in [5.41, 5.74) is 2.07. The fourth-order valence-corrected chi connectivity index (χ4v) is 6.90. The maximum atomic E-state index is 16.7. The first-order chi connectivity index (χ1) is 25.5. The summed E-state index contributed by atoms with van der Waals surface area (Å²) in [6, 6.07) is 8.38. The molecule has 1 saturated heterocycles. The number of aromatic amines is 1. The van der Waals surface area contributed by atoms with E-state index in [4.69, 9.17) is 9.47 Å². The first kappa shape index (κ1) is 35.5. The molecule has 2 aromatic carbocycles. The third kappa shape index (κ3) is 7.12. The van der Waals surface area contributed by atoms with Gasteiger partial charge in [0.2, 0.25) is 5.91 Å². The van der Waals surface area contributed by atoms with Crippen molar-refractivity contribution >= 4 is 34.0 Å². The Balaban J connectivity index is 1.16. The van der Waals surface area contributed by atoms with Crippen molar-refractivity contribution in [1.29, 1.82) is 0 Å². The molecule has 3 aromatic heterocycles. The summed E-state index contributed by atoms with van der Waals surface area (Å²) in [6.07, 6.45) is 4.60. The minimum atomic E-state index is -4.51. The van der Waals surface area contributed by atoms with Gasteiger partial charge in [-0.25, -0.2) is 4.39 Å². The number of aryl methyl sites for hydroxylation is 1. The van der Waals surface area contributed by atoms with E-state index in [1.165, 1.54) is 20.3 Å². The second-order valence-corrected chi connectivity index (χ2v) is 12.7. The first-order valence-corrected chi connectivity index (χ1v) is 17.0. The Hall–Kier alpha value is -5.93. The zero-order valence-corrected chi connectivity index (χ0v) is 29.0. The predicted molar refractivity (Wildman–Crippen MR) is 188 cm³/mol. The Morgan fingerprint density at radius 1 is 0.906 bits per heavy atom. The second-order valence-electron chi connectivity index (χ2n) is 12.7. The van der Waals surface area contributed by atoms with Crippen LogP contribution in [0, 0.1) is 5.82 Å². The largest absolute Gasteiger partial charge is 0.496 e. The molecular formula is C37H36F4N8O4. The summed E-state index contributed by atoms with van der Waals surface area (Å²) < 4.78 is 69.1. The van der Waals surface area contributed by atoms with Crippen LogP contribution < -0.4 is 14.4 Å². The summed E-state index contributed by atoms with van der Waals surface area (Å²) in [6.45, 7) is 2.28. The number of hydrogen-bond acceptors (Lipinski definition) is 8. The molecule has 0 spiro atoms. The summed E-state index contributed by atoms with van der Waals surface area (Å²) in [5.74, 6) is -0.414. The molecule has 53 heavy (non-hydrogen) atoms. The fraction of sp³-hybridized carbons (Fsp3) is 0.324. The molecule has 7 rings (SSSR count). The molecule has 0 atom stereocenters. The van der Waals surface area contributed by atoms with Crippen LogP contribution in [0.2, 0.25) is 0 Å². The van der Waals surface area contributed by atoms with E-state index >= 15 is 4.39 Å². The third-order valence-corrected chi connectivity index (χ3v) is 9.66. The number of amides is 2. The number of nitrogens with zero attached hydrogens (tertiary/aromatic N) is 7. The van der Waals surface area contributed by atoms with Crippen LogP contribution in [0.15, 0.2) is 67.3 Å². The predicted octanol–water partition coefficient (Wildman–Crippen LogP) is 5.66. The van der Waals surface area contributed by atoms with E-state index < -0.39 is 17.6 Å². The van der Waals surface area contributed by atoms with E-state index in [0.717, 1.165) is 12.1 Å². The molecule has 276 valence electrons. The normalized spacial score (nSPS) is 15.1. The molecule has 0 radical (unpaired) electrons. The number of aromatic nitrogens is 5. The van der Waals surface area contributed by atoms with Gasteiger partial charge >= 0.3 is 6.18 Å². The molecule has 2 aliphatic heterocycles. The molecule has 5 aromatic rings. The number of nitrogens with one attached hydrogen (secondary N) is 1. The van der Waals surface area contributed by atoms with E-state index in [0.29, 0.717) is 66.1 Å². The van der Waals surface area contributed by atoms with Crippen molar-refractivity contribution in [2.24, 2.45) is 0 Å². The van der Waals surface area contributed by atoms with Gasteiger partial charge in [0, 0.05) is 80.8 Å². The number of carbonyl (C=O) groups excluding carboxylic acids is 2. The maximum absolute atomic E-state index is 16.7. The summed E-state index contributed by atoms with van der Waals surface area (Å²) >= 11 is 0. The fourth-order valence-electron chi connectivity index (χ4n) is 6.90.